The van der Waals surface area contributed by atoms with Crippen LogP contribution < -0.4 is 10.1 Å². The maximum absolute atomic E-state index is 13.3. The molecule has 0 heterocycles. The first kappa shape index (κ1) is 21.9. The fraction of sp³-hybridized carbons (Fsp3) is 0.440. The molecule has 5 nitrogen and oxygen atoms in total. The van der Waals surface area contributed by atoms with Crippen molar-refractivity contribution in [2.45, 2.75) is 64.1 Å². The summed E-state index contributed by atoms with van der Waals surface area (Å²) in [4.78, 5) is 28.2. The topological polar surface area (TPSA) is 58.6 Å². The van der Waals surface area contributed by atoms with Crippen LogP contribution in [0.15, 0.2) is 54.6 Å². The number of hydrogen-bond donors (Lipinski definition) is 1. The summed E-state index contributed by atoms with van der Waals surface area (Å²) in [5.41, 5.74) is 1.90. The smallest absolute Gasteiger partial charge is 0.243 e. The molecular formula is C25H32N2O3. The van der Waals surface area contributed by atoms with E-state index in [1.807, 2.05) is 61.5 Å². The highest BCUT2D eigenvalue weighted by atomic mass is 16.5. The van der Waals surface area contributed by atoms with E-state index in [-0.39, 0.29) is 24.3 Å². The quantitative estimate of drug-likeness (QED) is 0.679. The molecule has 1 N–H and O–H groups in total. The number of ether oxygens (including phenoxy) is 1. The van der Waals surface area contributed by atoms with Gasteiger partial charge in [0.15, 0.2) is 0 Å². The van der Waals surface area contributed by atoms with Gasteiger partial charge in [0, 0.05) is 12.6 Å². The monoisotopic (exact) mass is 408 g/mol. The van der Waals surface area contributed by atoms with Gasteiger partial charge in [-0.2, -0.15) is 0 Å². The molecule has 1 aliphatic carbocycles. The second-order valence-corrected chi connectivity index (χ2v) is 7.95. The SMILES string of the molecule is CC[C@H](C(=O)NC1CCCC1)N(Cc1cccc(OC)c1)C(=O)Cc1ccccc1. The van der Waals surface area contributed by atoms with Crippen LogP contribution in [0.4, 0.5) is 0 Å². The highest BCUT2D eigenvalue weighted by Crippen LogP contribution is 2.21. The van der Waals surface area contributed by atoms with Crippen molar-refractivity contribution >= 4 is 11.8 Å². The predicted octanol–water partition coefficient (Wildman–Crippen LogP) is 4.10. The highest BCUT2D eigenvalue weighted by Gasteiger charge is 2.30. The second-order valence-electron chi connectivity index (χ2n) is 7.95. The molecule has 2 amide bonds. The molecule has 1 atom stereocenters. The van der Waals surface area contributed by atoms with Crippen LogP contribution in [0.25, 0.3) is 0 Å². The van der Waals surface area contributed by atoms with Crippen molar-refractivity contribution in [2.75, 3.05) is 7.11 Å². The van der Waals surface area contributed by atoms with Gasteiger partial charge in [-0.05, 0) is 42.5 Å². The third-order valence-electron chi connectivity index (χ3n) is 5.77. The molecule has 1 aliphatic rings. The molecule has 5 heteroatoms. The van der Waals surface area contributed by atoms with Gasteiger partial charge in [-0.1, -0.05) is 62.2 Å². The maximum atomic E-state index is 13.3. The van der Waals surface area contributed by atoms with E-state index in [9.17, 15) is 9.59 Å². The first-order valence-electron chi connectivity index (χ1n) is 10.9. The molecule has 0 saturated heterocycles. The first-order chi connectivity index (χ1) is 14.6. The summed E-state index contributed by atoms with van der Waals surface area (Å²) in [6.07, 6.45) is 5.21. The first-order valence-corrected chi connectivity index (χ1v) is 10.9. The molecule has 3 rings (SSSR count). The van der Waals surface area contributed by atoms with E-state index in [4.69, 9.17) is 4.74 Å². The number of amides is 2. The van der Waals surface area contributed by atoms with E-state index in [0.717, 1.165) is 42.6 Å². The van der Waals surface area contributed by atoms with Gasteiger partial charge >= 0.3 is 0 Å². The lowest BCUT2D eigenvalue weighted by Gasteiger charge is -2.31. The van der Waals surface area contributed by atoms with Crippen molar-refractivity contribution in [1.82, 2.24) is 10.2 Å². The zero-order valence-corrected chi connectivity index (χ0v) is 18.0. The summed E-state index contributed by atoms with van der Waals surface area (Å²) < 4.78 is 5.33. The third kappa shape index (κ3) is 5.85. The van der Waals surface area contributed by atoms with Gasteiger partial charge in [0.2, 0.25) is 11.8 Å². The number of methoxy groups -OCH3 is 1. The molecular weight excluding hydrogens is 376 g/mol. The van der Waals surface area contributed by atoms with E-state index in [1.165, 1.54) is 0 Å². The fourth-order valence-electron chi connectivity index (χ4n) is 4.13. The van der Waals surface area contributed by atoms with E-state index >= 15 is 0 Å². The van der Waals surface area contributed by atoms with Crippen molar-refractivity contribution in [3.8, 4) is 5.75 Å². The molecule has 0 aromatic heterocycles. The van der Waals surface area contributed by atoms with Crippen LogP contribution in [0.3, 0.4) is 0 Å². The number of rotatable bonds is 9. The van der Waals surface area contributed by atoms with E-state index in [0.29, 0.717) is 13.0 Å². The van der Waals surface area contributed by atoms with Crippen molar-refractivity contribution in [3.63, 3.8) is 0 Å². The van der Waals surface area contributed by atoms with Gasteiger partial charge in [0.05, 0.1) is 13.5 Å². The summed E-state index contributed by atoms with van der Waals surface area (Å²) in [7, 11) is 1.63. The molecule has 2 aromatic carbocycles. The highest BCUT2D eigenvalue weighted by molar-refractivity contribution is 5.88. The largest absolute Gasteiger partial charge is 0.497 e. The summed E-state index contributed by atoms with van der Waals surface area (Å²) in [5.74, 6) is 0.651. The maximum Gasteiger partial charge on any atom is 0.243 e. The summed E-state index contributed by atoms with van der Waals surface area (Å²) in [5, 5.41) is 3.18. The molecule has 0 unspecified atom stereocenters. The zero-order valence-electron chi connectivity index (χ0n) is 18.0. The lowest BCUT2D eigenvalue weighted by molar-refractivity contribution is -0.141. The zero-order chi connectivity index (χ0) is 21.3. The van der Waals surface area contributed by atoms with Gasteiger partial charge in [0.25, 0.3) is 0 Å². The second kappa shape index (κ2) is 10.8. The van der Waals surface area contributed by atoms with Crippen LogP contribution >= 0.6 is 0 Å². The Balaban J connectivity index is 1.81. The van der Waals surface area contributed by atoms with Crippen LogP contribution in [0.1, 0.15) is 50.2 Å². The van der Waals surface area contributed by atoms with Crippen LogP contribution in [0, 0.1) is 0 Å². The van der Waals surface area contributed by atoms with Gasteiger partial charge < -0.3 is 15.0 Å². The van der Waals surface area contributed by atoms with E-state index < -0.39 is 6.04 Å². The third-order valence-corrected chi connectivity index (χ3v) is 5.77. The molecule has 2 aromatic rings. The number of nitrogens with zero attached hydrogens (tertiary/aromatic N) is 1. The Hall–Kier alpha value is -2.82. The minimum atomic E-state index is -0.493. The Morgan fingerprint density at radius 2 is 1.77 bits per heavy atom. The van der Waals surface area contributed by atoms with Crippen molar-refractivity contribution in [2.24, 2.45) is 0 Å². The predicted molar refractivity (Wildman–Crippen MR) is 118 cm³/mol. The molecule has 0 bridgehead atoms. The van der Waals surface area contributed by atoms with Crippen molar-refractivity contribution in [3.05, 3.63) is 65.7 Å². The van der Waals surface area contributed by atoms with Crippen LogP contribution in [-0.4, -0.2) is 35.9 Å². The number of hydrogen-bond acceptors (Lipinski definition) is 3. The summed E-state index contributed by atoms with van der Waals surface area (Å²) in [6.45, 7) is 2.34. The van der Waals surface area contributed by atoms with Gasteiger partial charge in [-0.25, -0.2) is 0 Å². The Morgan fingerprint density at radius 1 is 1.07 bits per heavy atom. The molecule has 1 saturated carbocycles. The summed E-state index contributed by atoms with van der Waals surface area (Å²) in [6, 6.07) is 17.1. The van der Waals surface area contributed by atoms with Crippen molar-refractivity contribution < 1.29 is 14.3 Å². The molecule has 30 heavy (non-hydrogen) atoms. The normalized spacial score (nSPS) is 14.9. The van der Waals surface area contributed by atoms with Gasteiger partial charge in [-0.15, -0.1) is 0 Å². The number of nitrogens with one attached hydrogen (secondary N) is 1. The molecule has 1 fully saturated rings. The van der Waals surface area contributed by atoms with E-state index in [1.54, 1.807) is 12.0 Å². The molecule has 0 aliphatic heterocycles. The Labute approximate surface area is 179 Å². The number of carbonyl (C=O) groups is 2. The minimum absolute atomic E-state index is 0.0440. The average molecular weight is 409 g/mol. The lowest BCUT2D eigenvalue weighted by atomic mass is 10.1. The standard InChI is InChI=1S/C25H32N2O3/c1-3-23(25(29)26-21-13-7-8-14-21)27(18-20-12-9-15-22(16-20)30-2)24(28)17-19-10-5-4-6-11-19/h4-6,9-12,15-16,21,23H,3,7-8,13-14,17-18H2,1-2H3,(H,26,29)/t23-/m1/s1. The van der Waals surface area contributed by atoms with Crippen molar-refractivity contribution in [1.29, 1.82) is 0 Å². The minimum Gasteiger partial charge on any atom is -0.497 e. The number of benzene rings is 2. The van der Waals surface area contributed by atoms with Crippen LogP contribution in [0.5, 0.6) is 5.75 Å². The molecule has 0 spiro atoms. The van der Waals surface area contributed by atoms with Gasteiger partial charge in [0.1, 0.15) is 11.8 Å². The fourth-order valence-corrected chi connectivity index (χ4v) is 4.13. The lowest BCUT2D eigenvalue weighted by Crippen LogP contribution is -2.51. The molecule has 0 radical (unpaired) electrons. The Kier molecular flexibility index (Phi) is 7.89. The Bertz CT molecular complexity index is 831. The number of carbonyl (C=O) groups excluding carboxylic acids is 2. The average Bonchev–Trinajstić information content (AvgIpc) is 3.27. The van der Waals surface area contributed by atoms with E-state index in [2.05, 4.69) is 5.32 Å². The van der Waals surface area contributed by atoms with Crippen LogP contribution in [-0.2, 0) is 22.6 Å². The summed E-state index contributed by atoms with van der Waals surface area (Å²) >= 11 is 0. The Morgan fingerprint density at radius 3 is 2.43 bits per heavy atom. The molecule has 160 valence electrons. The van der Waals surface area contributed by atoms with Gasteiger partial charge in [-0.3, -0.25) is 9.59 Å². The van der Waals surface area contributed by atoms with Crippen LogP contribution in [0.2, 0.25) is 0 Å².